The topological polar surface area (TPSA) is 237 Å². The van der Waals surface area contributed by atoms with Gasteiger partial charge in [-0.3, -0.25) is 37.3 Å². The fourth-order valence-electron chi connectivity index (χ4n) is 12.2. The van der Waals surface area contributed by atoms with E-state index < -0.39 is 97.5 Å². The summed E-state index contributed by atoms with van der Waals surface area (Å²) in [6.45, 7) is 12.0. The Labute approximate surface area is 607 Å². The summed E-state index contributed by atoms with van der Waals surface area (Å²) in [5, 5.41) is 10.6. The number of unbranched alkanes of at least 4 members (excludes halogenated alkanes) is 44. The maximum Gasteiger partial charge on any atom is 0.472 e. The molecule has 0 amide bonds. The first-order valence-corrected chi connectivity index (χ1v) is 44.4. The van der Waals surface area contributed by atoms with Crippen LogP contribution in [0.15, 0.2) is 0 Å². The lowest BCUT2D eigenvalue weighted by Gasteiger charge is -2.21. The van der Waals surface area contributed by atoms with Crippen LogP contribution in [0.3, 0.4) is 0 Å². The summed E-state index contributed by atoms with van der Waals surface area (Å²) in [4.78, 5) is 73.0. The Bertz CT molecular complexity index is 1930. The van der Waals surface area contributed by atoms with Gasteiger partial charge in [-0.05, 0) is 43.4 Å². The number of phosphoric acid groups is 2. The highest BCUT2D eigenvalue weighted by Gasteiger charge is 2.30. The Kier molecular flexibility index (Phi) is 69.0. The second-order valence-electron chi connectivity index (χ2n) is 29.8. The standard InChI is InChI=1S/C80H156O17P2/c1-8-11-12-13-14-15-16-17-18-24-30-35-40-49-56-64-80(85)97-76(68-91-78(83)62-55-48-43-42-46-53-60-73(7)10-3)70-95-99(88,89)93-66-74(81)65-92-98(86,87)94-69-75(67-90-77(82)61-54-47-39-34-29-26-21-22-27-32-37-44-51-58-71(4)5)96-79(84)63-57-50-41-36-31-25-20-19-23-28-33-38-45-52-59-72(6)9-2/h71-76,81H,8-70H2,1-7H3,(H,86,87)(H,88,89)/t72?,73?,74-,75-,76-/m1/s1. The van der Waals surface area contributed by atoms with Gasteiger partial charge in [0.2, 0.25) is 0 Å². The number of ether oxygens (including phenoxy) is 4. The van der Waals surface area contributed by atoms with Crippen molar-refractivity contribution < 1.29 is 80.2 Å². The summed E-state index contributed by atoms with van der Waals surface area (Å²) in [5.74, 6) is 0.256. The molecule has 99 heavy (non-hydrogen) atoms. The average molecular weight is 1450 g/mol. The molecule has 4 unspecified atom stereocenters. The average Bonchev–Trinajstić information content (AvgIpc) is 1.00. The molecule has 0 fully saturated rings. The van der Waals surface area contributed by atoms with E-state index in [-0.39, 0.29) is 25.7 Å². The number of esters is 4. The molecule has 0 saturated carbocycles. The van der Waals surface area contributed by atoms with E-state index in [4.69, 9.17) is 37.0 Å². The molecule has 0 aliphatic rings. The van der Waals surface area contributed by atoms with Crippen LogP contribution < -0.4 is 0 Å². The summed E-state index contributed by atoms with van der Waals surface area (Å²) in [7, 11) is -9.92. The molecule has 0 aliphatic carbocycles. The minimum absolute atomic E-state index is 0.107. The fraction of sp³-hybridized carbons (Fsp3) is 0.950. The van der Waals surface area contributed by atoms with E-state index in [0.29, 0.717) is 25.7 Å². The molecule has 0 rings (SSSR count). The summed E-state index contributed by atoms with van der Waals surface area (Å²) < 4.78 is 68.7. The van der Waals surface area contributed by atoms with Crippen LogP contribution in [-0.4, -0.2) is 96.7 Å². The normalized spacial score (nSPS) is 14.5. The number of hydrogen-bond acceptors (Lipinski definition) is 15. The van der Waals surface area contributed by atoms with Gasteiger partial charge in [0.15, 0.2) is 12.2 Å². The maximum atomic E-state index is 13.1. The van der Waals surface area contributed by atoms with Gasteiger partial charge in [-0.2, -0.15) is 0 Å². The molecule has 588 valence electrons. The Balaban J connectivity index is 5.26. The molecule has 17 nitrogen and oxygen atoms in total. The zero-order valence-electron chi connectivity index (χ0n) is 65.0. The Morgan fingerprint density at radius 2 is 0.515 bits per heavy atom. The third-order valence-corrected chi connectivity index (χ3v) is 21.3. The molecule has 3 N–H and O–H groups in total. The second kappa shape index (κ2) is 70.4. The molecule has 0 radical (unpaired) electrons. The number of carbonyl (C=O) groups excluding carboxylic acids is 4. The van der Waals surface area contributed by atoms with Crippen molar-refractivity contribution in [3.63, 3.8) is 0 Å². The molecule has 0 aliphatic heterocycles. The molecule has 0 saturated heterocycles. The Morgan fingerprint density at radius 1 is 0.293 bits per heavy atom. The number of rotatable bonds is 78. The van der Waals surface area contributed by atoms with Crippen LogP contribution in [0.4, 0.5) is 0 Å². The Morgan fingerprint density at radius 3 is 0.768 bits per heavy atom. The molecular formula is C80H156O17P2. The lowest BCUT2D eigenvalue weighted by Crippen LogP contribution is -2.30. The largest absolute Gasteiger partial charge is 0.472 e. The third-order valence-electron chi connectivity index (χ3n) is 19.4. The monoisotopic (exact) mass is 1450 g/mol. The summed E-state index contributed by atoms with van der Waals surface area (Å²) in [6, 6.07) is 0. The van der Waals surface area contributed by atoms with E-state index in [1.807, 2.05) is 0 Å². The number of aliphatic hydroxyl groups excluding tert-OH is 1. The van der Waals surface area contributed by atoms with Crippen LogP contribution in [-0.2, 0) is 65.4 Å². The van der Waals surface area contributed by atoms with Gasteiger partial charge >= 0.3 is 39.5 Å². The van der Waals surface area contributed by atoms with Crippen LogP contribution in [0.2, 0.25) is 0 Å². The first kappa shape index (κ1) is 97.1. The van der Waals surface area contributed by atoms with Gasteiger partial charge in [0.1, 0.15) is 19.3 Å². The van der Waals surface area contributed by atoms with Gasteiger partial charge in [0.05, 0.1) is 26.4 Å². The van der Waals surface area contributed by atoms with Gasteiger partial charge in [-0.25, -0.2) is 9.13 Å². The molecule has 0 bridgehead atoms. The predicted molar refractivity (Wildman–Crippen MR) is 405 cm³/mol. The molecule has 19 heteroatoms. The van der Waals surface area contributed by atoms with Crippen molar-refractivity contribution in [2.75, 3.05) is 39.6 Å². The van der Waals surface area contributed by atoms with Crippen molar-refractivity contribution in [3.8, 4) is 0 Å². The van der Waals surface area contributed by atoms with Crippen molar-refractivity contribution in [3.05, 3.63) is 0 Å². The van der Waals surface area contributed by atoms with Crippen LogP contribution in [0.25, 0.3) is 0 Å². The maximum absolute atomic E-state index is 13.1. The molecule has 0 heterocycles. The van der Waals surface area contributed by atoms with E-state index in [0.717, 1.165) is 114 Å². The summed E-state index contributed by atoms with van der Waals surface area (Å²) >= 11 is 0. The van der Waals surface area contributed by atoms with Gasteiger partial charge in [0, 0.05) is 25.7 Å². The van der Waals surface area contributed by atoms with Gasteiger partial charge < -0.3 is 33.8 Å². The van der Waals surface area contributed by atoms with Gasteiger partial charge in [-0.1, -0.05) is 363 Å². The first-order valence-electron chi connectivity index (χ1n) is 41.4. The summed E-state index contributed by atoms with van der Waals surface area (Å²) in [5.41, 5.74) is 0. The second-order valence-corrected chi connectivity index (χ2v) is 32.7. The zero-order valence-corrected chi connectivity index (χ0v) is 66.8. The first-order chi connectivity index (χ1) is 47.8. The van der Waals surface area contributed by atoms with Crippen LogP contribution >= 0.6 is 15.6 Å². The van der Waals surface area contributed by atoms with E-state index in [1.165, 1.54) is 218 Å². The van der Waals surface area contributed by atoms with E-state index in [1.54, 1.807) is 0 Å². The Hall–Kier alpha value is -1.94. The van der Waals surface area contributed by atoms with Crippen LogP contribution in [0.1, 0.15) is 414 Å². The highest BCUT2D eigenvalue weighted by atomic mass is 31.2. The van der Waals surface area contributed by atoms with E-state index in [9.17, 15) is 43.2 Å². The quantitative estimate of drug-likeness (QED) is 0.0222. The zero-order chi connectivity index (χ0) is 73.0. The minimum atomic E-state index is -4.96. The van der Waals surface area contributed by atoms with Crippen LogP contribution in [0, 0.1) is 17.8 Å². The molecular weight excluding hydrogens is 1290 g/mol. The molecule has 0 spiro atoms. The minimum Gasteiger partial charge on any atom is -0.462 e. The third kappa shape index (κ3) is 71.5. The number of carbonyl (C=O) groups is 4. The van der Waals surface area contributed by atoms with Crippen LogP contribution in [0.5, 0.6) is 0 Å². The molecule has 0 aromatic carbocycles. The highest BCUT2D eigenvalue weighted by Crippen LogP contribution is 2.45. The predicted octanol–water partition coefficient (Wildman–Crippen LogP) is 23.7. The molecule has 0 aromatic rings. The number of phosphoric ester groups is 2. The van der Waals surface area contributed by atoms with E-state index in [2.05, 4.69) is 48.5 Å². The number of hydrogen-bond donors (Lipinski definition) is 3. The number of aliphatic hydroxyl groups is 1. The lowest BCUT2D eigenvalue weighted by molar-refractivity contribution is -0.161. The SMILES string of the molecule is CCCCCCCCCCCCCCCCCC(=O)O[C@H](COC(=O)CCCCCCCCC(C)CC)COP(=O)(O)OC[C@H](O)COP(=O)(O)OC[C@@H](COC(=O)CCCCCCCCCCCCCCCC(C)C)OC(=O)CCCCCCCCCCCCCCCCC(C)CC. The van der Waals surface area contributed by atoms with E-state index >= 15 is 0 Å². The summed E-state index contributed by atoms with van der Waals surface area (Å²) in [6.07, 6.45) is 58.1. The van der Waals surface area contributed by atoms with Crippen molar-refractivity contribution in [2.45, 2.75) is 433 Å². The van der Waals surface area contributed by atoms with Gasteiger partial charge in [0.25, 0.3) is 0 Å². The smallest absolute Gasteiger partial charge is 0.462 e. The van der Waals surface area contributed by atoms with Crippen molar-refractivity contribution in [1.29, 1.82) is 0 Å². The highest BCUT2D eigenvalue weighted by molar-refractivity contribution is 7.47. The fourth-order valence-corrected chi connectivity index (χ4v) is 13.8. The lowest BCUT2D eigenvalue weighted by atomic mass is 9.99. The van der Waals surface area contributed by atoms with Crippen molar-refractivity contribution >= 4 is 39.5 Å². The van der Waals surface area contributed by atoms with Gasteiger partial charge in [-0.15, -0.1) is 0 Å². The molecule has 7 atom stereocenters. The van der Waals surface area contributed by atoms with Crippen molar-refractivity contribution in [2.24, 2.45) is 17.8 Å². The van der Waals surface area contributed by atoms with Crippen molar-refractivity contribution in [1.82, 2.24) is 0 Å². The molecule has 0 aromatic heterocycles.